The molecule has 7 nitrogen and oxygen atoms in total. The molecular weight excluding hydrogens is 296 g/mol. The van der Waals surface area contributed by atoms with Crippen molar-refractivity contribution >= 4 is 5.96 Å². The lowest BCUT2D eigenvalue weighted by molar-refractivity contribution is 0.105. The van der Waals surface area contributed by atoms with Gasteiger partial charge in [-0.2, -0.15) is 0 Å². The summed E-state index contributed by atoms with van der Waals surface area (Å²) in [5.41, 5.74) is 0.915. The predicted molar refractivity (Wildman–Crippen MR) is 87.2 cm³/mol. The van der Waals surface area contributed by atoms with Crippen LogP contribution in [-0.4, -0.2) is 31.1 Å². The minimum absolute atomic E-state index is 0.503. The van der Waals surface area contributed by atoms with E-state index in [1.54, 1.807) is 13.3 Å². The average molecular weight is 320 g/mol. The van der Waals surface area contributed by atoms with Crippen LogP contribution < -0.4 is 10.6 Å². The van der Waals surface area contributed by atoms with Gasteiger partial charge in [-0.15, -0.1) is 0 Å². The Kier molecular flexibility index (Phi) is 6.68. The Hall–Kier alpha value is -2.28. The topological polar surface area (TPSA) is 84.8 Å². The molecule has 0 aliphatic carbocycles. The molecular formula is C16H24N4O3. The van der Waals surface area contributed by atoms with E-state index in [0.717, 1.165) is 30.2 Å². The highest BCUT2D eigenvalue weighted by molar-refractivity contribution is 5.79. The standard InChI is InChI=1S/C16H24N4O3/c1-12-13(2)23-15(20-12)10-19-16(17-3)18-7-5-8-21-11-14-6-4-9-22-14/h4,6,9H,5,7-8,10-11H2,1-3H3,(H2,17,18,19). The summed E-state index contributed by atoms with van der Waals surface area (Å²) in [5, 5.41) is 6.39. The van der Waals surface area contributed by atoms with Crippen molar-refractivity contribution in [1.29, 1.82) is 0 Å². The van der Waals surface area contributed by atoms with Crippen molar-refractivity contribution in [2.24, 2.45) is 4.99 Å². The fraction of sp³-hybridized carbons (Fsp3) is 0.500. The second kappa shape index (κ2) is 8.99. The zero-order chi connectivity index (χ0) is 16.5. The zero-order valence-corrected chi connectivity index (χ0v) is 13.9. The molecule has 0 bridgehead atoms. The van der Waals surface area contributed by atoms with Crippen molar-refractivity contribution in [3.05, 3.63) is 41.5 Å². The Morgan fingerprint density at radius 1 is 1.35 bits per heavy atom. The minimum Gasteiger partial charge on any atom is -0.467 e. The SMILES string of the molecule is CN=C(NCCCOCc1ccco1)NCc1nc(C)c(C)o1. The first kappa shape index (κ1) is 17.1. The minimum atomic E-state index is 0.503. The molecule has 23 heavy (non-hydrogen) atoms. The van der Waals surface area contributed by atoms with Crippen LogP contribution in [0.3, 0.4) is 0 Å². The zero-order valence-electron chi connectivity index (χ0n) is 13.9. The summed E-state index contributed by atoms with van der Waals surface area (Å²) >= 11 is 0. The third-order valence-corrected chi connectivity index (χ3v) is 3.29. The van der Waals surface area contributed by atoms with Crippen LogP contribution in [0.5, 0.6) is 0 Å². The number of hydrogen-bond donors (Lipinski definition) is 2. The molecule has 0 aliphatic rings. The van der Waals surface area contributed by atoms with Crippen LogP contribution in [0, 0.1) is 13.8 Å². The van der Waals surface area contributed by atoms with Crippen LogP contribution in [0.1, 0.15) is 29.5 Å². The van der Waals surface area contributed by atoms with Gasteiger partial charge in [0.05, 0.1) is 18.5 Å². The van der Waals surface area contributed by atoms with Gasteiger partial charge in [-0.05, 0) is 32.4 Å². The van der Waals surface area contributed by atoms with Gasteiger partial charge in [0, 0.05) is 20.2 Å². The molecule has 0 aromatic carbocycles. The number of oxazole rings is 1. The summed E-state index contributed by atoms with van der Waals surface area (Å²) in [4.78, 5) is 8.48. The van der Waals surface area contributed by atoms with Crippen LogP contribution in [0.4, 0.5) is 0 Å². The summed E-state index contributed by atoms with van der Waals surface area (Å²) in [6.45, 7) is 6.26. The normalized spacial score (nSPS) is 11.7. The Bertz CT molecular complexity index is 585. The summed E-state index contributed by atoms with van der Waals surface area (Å²) in [6.07, 6.45) is 2.52. The van der Waals surface area contributed by atoms with E-state index in [-0.39, 0.29) is 0 Å². The third kappa shape index (κ3) is 5.78. The molecule has 2 rings (SSSR count). The van der Waals surface area contributed by atoms with Crippen molar-refractivity contribution < 1.29 is 13.6 Å². The monoisotopic (exact) mass is 320 g/mol. The van der Waals surface area contributed by atoms with E-state index in [9.17, 15) is 0 Å². The number of furan rings is 1. The fourth-order valence-corrected chi connectivity index (χ4v) is 1.94. The molecule has 2 heterocycles. The highest BCUT2D eigenvalue weighted by atomic mass is 16.5. The molecule has 0 fully saturated rings. The first-order valence-corrected chi connectivity index (χ1v) is 7.66. The Balaban J connectivity index is 1.57. The first-order valence-electron chi connectivity index (χ1n) is 7.66. The van der Waals surface area contributed by atoms with Gasteiger partial charge in [-0.1, -0.05) is 0 Å². The van der Waals surface area contributed by atoms with Gasteiger partial charge in [-0.25, -0.2) is 4.98 Å². The van der Waals surface area contributed by atoms with Crippen LogP contribution in [0.2, 0.25) is 0 Å². The van der Waals surface area contributed by atoms with E-state index in [0.29, 0.717) is 31.6 Å². The number of ether oxygens (including phenoxy) is 1. The van der Waals surface area contributed by atoms with Gasteiger partial charge < -0.3 is 24.2 Å². The molecule has 2 N–H and O–H groups in total. The number of nitrogens with one attached hydrogen (secondary N) is 2. The van der Waals surface area contributed by atoms with Crippen molar-refractivity contribution in [1.82, 2.24) is 15.6 Å². The Morgan fingerprint density at radius 2 is 2.22 bits per heavy atom. The average Bonchev–Trinajstić information content (AvgIpc) is 3.16. The van der Waals surface area contributed by atoms with Gasteiger partial charge in [0.15, 0.2) is 5.96 Å². The van der Waals surface area contributed by atoms with E-state index in [4.69, 9.17) is 13.6 Å². The van der Waals surface area contributed by atoms with E-state index in [2.05, 4.69) is 20.6 Å². The maximum absolute atomic E-state index is 5.52. The van der Waals surface area contributed by atoms with Crippen LogP contribution in [0.15, 0.2) is 32.2 Å². The number of aliphatic imine (C=N–C) groups is 1. The molecule has 0 radical (unpaired) electrons. The van der Waals surface area contributed by atoms with Gasteiger partial charge >= 0.3 is 0 Å². The van der Waals surface area contributed by atoms with Gasteiger partial charge in [0.1, 0.15) is 18.1 Å². The lowest BCUT2D eigenvalue weighted by atomic mass is 10.4. The van der Waals surface area contributed by atoms with Crippen molar-refractivity contribution in [3.8, 4) is 0 Å². The van der Waals surface area contributed by atoms with Gasteiger partial charge in [0.25, 0.3) is 0 Å². The molecule has 2 aromatic heterocycles. The number of aromatic nitrogens is 1. The quantitative estimate of drug-likeness (QED) is 0.440. The second-order valence-electron chi connectivity index (χ2n) is 5.09. The molecule has 0 saturated carbocycles. The summed E-state index contributed by atoms with van der Waals surface area (Å²) in [5.74, 6) is 3.06. The molecule has 0 aliphatic heterocycles. The number of rotatable bonds is 8. The van der Waals surface area contributed by atoms with E-state index in [1.807, 2.05) is 26.0 Å². The van der Waals surface area contributed by atoms with Crippen LogP contribution in [0.25, 0.3) is 0 Å². The lowest BCUT2D eigenvalue weighted by Crippen LogP contribution is -2.37. The van der Waals surface area contributed by atoms with Crippen LogP contribution >= 0.6 is 0 Å². The Labute approximate surface area is 136 Å². The molecule has 0 atom stereocenters. The second-order valence-corrected chi connectivity index (χ2v) is 5.09. The molecule has 126 valence electrons. The number of guanidine groups is 1. The predicted octanol–water partition coefficient (Wildman–Crippen LogP) is 2.16. The first-order chi connectivity index (χ1) is 11.2. The molecule has 2 aromatic rings. The summed E-state index contributed by atoms with van der Waals surface area (Å²) in [7, 11) is 1.73. The smallest absolute Gasteiger partial charge is 0.214 e. The molecule has 0 spiro atoms. The lowest BCUT2D eigenvalue weighted by Gasteiger charge is -2.10. The van der Waals surface area contributed by atoms with E-state index >= 15 is 0 Å². The number of hydrogen-bond acceptors (Lipinski definition) is 5. The fourth-order valence-electron chi connectivity index (χ4n) is 1.94. The third-order valence-electron chi connectivity index (χ3n) is 3.29. The summed E-state index contributed by atoms with van der Waals surface area (Å²) in [6, 6.07) is 3.75. The van der Waals surface area contributed by atoms with E-state index in [1.165, 1.54) is 0 Å². The largest absolute Gasteiger partial charge is 0.467 e. The molecule has 0 amide bonds. The van der Waals surface area contributed by atoms with Gasteiger partial charge in [-0.3, -0.25) is 4.99 Å². The highest BCUT2D eigenvalue weighted by Crippen LogP contribution is 2.07. The maximum Gasteiger partial charge on any atom is 0.214 e. The van der Waals surface area contributed by atoms with Crippen molar-refractivity contribution in [2.45, 2.75) is 33.4 Å². The number of nitrogens with zero attached hydrogens (tertiary/aromatic N) is 2. The summed E-state index contributed by atoms with van der Waals surface area (Å²) < 4.78 is 16.2. The van der Waals surface area contributed by atoms with Crippen molar-refractivity contribution in [3.63, 3.8) is 0 Å². The Morgan fingerprint density at radius 3 is 2.87 bits per heavy atom. The molecule has 0 saturated heterocycles. The van der Waals surface area contributed by atoms with E-state index < -0.39 is 0 Å². The number of aryl methyl sites for hydroxylation is 2. The maximum atomic E-state index is 5.52. The van der Waals surface area contributed by atoms with Crippen LogP contribution in [-0.2, 0) is 17.9 Å². The molecule has 7 heteroatoms. The highest BCUT2D eigenvalue weighted by Gasteiger charge is 2.06. The molecule has 0 unspecified atom stereocenters. The van der Waals surface area contributed by atoms with Crippen molar-refractivity contribution in [2.75, 3.05) is 20.2 Å². The van der Waals surface area contributed by atoms with Gasteiger partial charge in [0.2, 0.25) is 5.89 Å².